The average molecular weight is 292 g/mol. The molecule has 1 aromatic rings. The van der Waals surface area contributed by atoms with Crippen LogP contribution in [0.2, 0.25) is 0 Å². The van der Waals surface area contributed by atoms with Crippen molar-refractivity contribution in [1.29, 1.82) is 0 Å². The molecule has 2 nitrogen and oxygen atoms in total. The molecule has 0 spiro atoms. The third-order valence-electron chi connectivity index (χ3n) is 5.13. The highest BCUT2D eigenvalue weighted by Crippen LogP contribution is 2.34. The second kappa shape index (κ2) is 7.37. The van der Waals surface area contributed by atoms with Gasteiger partial charge < -0.3 is 5.73 Å². The van der Waals surface area contributed by atoms with Gasteiger partial charge in [0.05, 0.1) is 6.04 Å². The van der Waals surface area contributed by atoms with Crippen molar-refractivity contribution < 1.29 is 4.39 Å². The highest BCUT2D eigenvalue weighted by Gasteiger charge is 2.31. The highest BCUT2D eigenvalue weighted by atomic mass is 19.1. The topological polar surface area (TPSA) is 29.3 Å². The van der Waals surface area contributed by atoms with Gasteiger partial charge in [0.15, 0.2) is 0 Å². The smallest absolute Gasteiger partial charge is 0.128 e. The van der Waals surface area contributed by atoms with Crippen LogP contribution in [-0.2, 0) is 0 Å². The molecule has 1 saturated carbocycles. The Morgan fingerprint density at radius 1 is 1.24 bits per heavy atom. The molecule has 1 aliphatic rings. The molecule has 3 heteroatoms. The van der Waals surface area contributed by atoms with Crippen molar-refractivity contribution in [3.63, 3.8) is 0 Å². The molecule has 1 aliphatic carbocycles. The van der Waals surface area contributed by atoms with Gasteiger partial charge in [-0.25, -0.2) is 4.39 Å². The summed E-state index contributed by atoms with van der Waals surface area (Å²) in [6.07, 6.45) is 6.25. The summed E-state index contributed by atoms with van der Waals surface area (Å²) in [6.45, 7) is 4.25. The minimum Gasteiger partial charge on any atom is -0.326 e. The Labute approximate surface area is 128 Å². The van der Waals surface area contributed by atoms with Gasteiger partial charge in [-0.3, -0.25) is 4.90 Å². The van der Waals surface area contributed by atoms with Gasteiger partial charge in [-0.2, -0.15) is 0 Å². The summed E-state index contributed by atoms with van der Waals surface area (Å²) in [4.78, 5) is 2.31. The second-order valence-electron chi connectivity index (χ2n) is 6.57. The van der Waals surface area contributed by atoms with Crippen molar-refractivity contribution in [3.05, 3.63) is 35.6 Å². The van der Waals surface area contributed by atoms with Gasteiger partial charge in [-0.05, 0) is 51.6 Å². The summed E-state index contributed by atoms with van der Waals surface area (Å²) < 4.78 is 14.2. The lowest BCUT2D eigenvalue weighted by Gasteiger charge is -2.41. The van der Waals surface area contributed by atoms with E-state index in [2.05, 4.69) is 18.9 Å². The van der Waals surface area contributed by atoms with Gasteiger partial charge in [0.2, 0.25) is 0 Å². The Bertz CT molecular complexity index is 439. The number of nitrogens with zero attached hydrogens (tertiary/aromatic N) is 1. The monoisotopic (exact) mass is 292 g/mol. The Morgan fingerprint density at radius 3 is 2.38 bits per heavy atom. The molecule has 2 atom stereocenters. The molecule has 2 unspecified atom stereocenters. The van der Waals surface area contributed by atoms with Gasteiger partial charge in [0.1, 0.15) is 5.82 Å². The Hall–Kier alpha value is -0.930. The summed E-state index contributed by atoms with van der Waals surface area (Å²) in [5, 5.41) is 0. The fourth-order valence-electron chi connectivity index (χ4n) is 3.78. The normalized spacial score (nSPS) is 25.8. The van der Waals surface area contributed by atoms with Crippen LogP contribution in [0.25, 0.3) is 0 Å². The fraction of sp³-hybridized carbons (Fsp3) is 0.667. The van der Waals surface area contributed by atoms with Crippen molar-refractivity contribution in [2.75, 3.05) is 7.05 Å². The minimum atomic E-state index is -0.145. The first kappa shape index (κ1) is 16.4. The molecule has 118 valence electrons. The van der Waals surface area contributed by atoms with Crippen LogP contribution in [-0.4, -0.2) is 24.0 Å². The average Bonchev–Trinajstić information content (AvgIpc) is 2.49. The maximum atomic E-state index is 14.2. The zero-order chi connectivity index (χ0) is 15.4. The highest BCUT2D eigenvalue weighted by molar-refractivity contribution is 5.23. The third kappa shape index (κ3) is 3.83. The summed E-state index contributed by atoms with van der Waals surface area (Å²) in [5.74, 6) is 0.728. The van der Waals surface area contributed by atoms with Gasteiger partial charge in [-0.15, -0.1) is 0 Å². The Morgan fingerprint density at radius 2 is 1.86 bits per heavy atom. The van der Waals surface area contributed by atoms with E-state index in [9.17, 15) is 4.39 Å². The summed E-state index contributed by atoms with van der Waals surface area (Å²) in [7, 11) is 2.11. The zero-order valence-electron chi connectivity index (χ0n) is 13.6. The molecule has 0 radical (unpaired) electrons. The molecule has 0 aromatic heterocycles. The largest absolute Gasteiger partial charge is 0.326 e. The molecule has 1 aromatic carbocycles. The van der Waals surface area contributed by atoms with Crippen molar-refractivity contribution in [1.82, 2.24) is 4.90 Å². The molecule has 0 bridgehead atoms. The summed E-state index contributed by atoms with van der Waals surface area (Å²) >= 11 is 0. The molecule has 1 fully saturated rings. The van der Waals surface area contributed by atoms with Gasteiger partial charge in [0.25, 0.3) is 0 Å². The fourth-order valence-corrected chi connectivity index (χ4v) is 3.78. The van der Waals surface area contributed by atoms with Crippen LogP contribution in [0, 0.1) is 11.7 Å². The van der Waals surface area contributed by atoms with Gasteiger partial charge in [0, 0.05) is 17.6 Å². The van der Waals surface area contributed by atoms with Crippen LogP contribution >= 0.6 is 0 Å². The lowest BCUT2D eigenvalue weighted by atomic mass is 9.83. The molecular formula is C18H29FN2. The quantitative estimate of drug-likeness (QED) is 0.884. The third-order valence-corrected chi connectivity index (χ3v) is 5.13. The molecule has 0 saturated heterocycles. The first-order chi connectivity index (χ1) is 10.0. The van der Waals surface area contributed by atoms with Crippen LogP contribution in [0.15, 0.2) is 24.3 Å². The first-order valence-corrected chi connectivity index (χ1v) is 8.26. The standard InChI is InChI=1S/C18H29FN2/c1-4-14-9-11-15(12-10-14)21(3)18(13(2)20)16-7-5-6-8-17(16)19/h5-8,13-15,18H,4,9-12,20H2,1-3H3. The van der Waals surface area contributed by atoms with Crippen LogP contribution < -0.4 is 5.73 Å². The lowest BCUT2D eigenvalue weighted by Crippen LogP contribution is -2.44. The number of nitrogens with two attached hydrogens (primary N) is 1. The number of hydrogen-bond acceptors (Lipinski definition) is 2. The first-order valence-electron chi connectivity index (χ1n) is 8.26. The van der Waals surface area contributed by atoms with Crippen LogP contribution in [0.1, 0.15) is 57.6 Å². The number of halogens is 1. The van der Waals surface area contributed by atoms with Crippen LogP contribution in [0.5, 0.6) is 0 Å². The van der Waals surface area contributed by atoms with E-state index in [1.165, 1.54) is 38.2 Å². The van der Waals surface area contributed by atoms with Crippen LogP contribution in [0.3, 0.4) is 0 Å². The number of rotatable bonds is 5. The molecule has 2 N–H and O–H groups in total. The minimum absolute atomic E-state index is 0.0469. The number of likely N-dealkylation sites (N-methyl/N-ethyl adjacent to an activating group) is 1. The number of benzene rings is 1. The summed E-state index contributed by atoms with van der Waals surface area (Å²) in [6, 6.07) is 7.43. The van der Waals surface area contributed by atoms with Gasteiger partial charge >= 0.3 is 0 Å². The van der Waals surface area contributed by atoms with Crippen molar-refractivity contribution >= 4 is 0 Å². The predicted molar refractivity (Wildman–Crippen MR) is 86.6 cm³/mol. The molecule has 2 rings (SSSR count). The molecule has 0 heterocycles. The van der Waals surface area contributed by atoms with E-state index in [0.29, 0.717) is 6.04 Å². The zero-order valence-corrected chi connectivity index (χ0v) is 13.6. The van der Waals surface area contributed by atoms with E-state index in [-0.39, 0.29) is 17.9 Å². The van der Waals surface area contributed by atoms with Crippen molar-refractivity contribution in [2.45, 2.75) is 64.1 Å². The maximum absolute atomic E-state index is 14.2. The SMILES string of the molecule is CCC1CCC(N(C)C(c2ccccc2F)C(C)N)CC1. The Balaban J connectivity index is 2.14. The van der Waals surface area contributed by atoms with E-state index >= 15 is 0 Å². The molecule has 0 amide bonds. The molecule has 21 heavy (non-hydrogen) atoms. The lowest BCUT2D eigenvalue weighted by molar-refractivity contribution is 0.105. The van der Waals surface area contributed by atoms with Gasteiger partial charge in [-0.1, -0.05) is 31.5 Å². The van der Waals surface area contributed by atoms with Crippen molar-refractivity contribution in [3.8, 4) is 0 Å². The number of hydrogen-bond donors (Lipinski definition) is 1. The van der Waals surface area contributed by atoms with Crippen molar-refractivity contribution in [2.24, 2.45) is 11.7 Å². The maximum Gasteiger partial charge on any atom is 0.128 e. The van der Waals surface area contributed by atoms with E-state index < -0.39 is 0 Å². The van der Waals surface area contributed by atoms with E-state index in [4.69, 9.17) is 5.73 Å². The predicted octanol–water partition coefficient (Wildman–Crippen LogP) is 4.11. The van der Waals surface area contributed by atoms with E-state index in [1.54, 1.807) is 6.07 Å². The van der Waals surface area contributed by atoms with Crippen LogP contribution in [0.4, 0.5) is 4.39 Å². The molecule has 0 aliphatic heterocycles. The van der Waals surface area contributed by atoms with E-state index in [1.807, 2.05) is 19.1 Å². The Kier molecular flexibility index (Phi) is 5.77. The van der Waals surface area contributed by atoms with E-state index in [0.717, 1.165) is 11.5 Å². The summed E-state index contributed by atoms with van der Waals surface area (Å²) in [5.41, 5.74) is 6.92. The molecular weight excluding hydrogens is 263 g/mol. The second-order valence-corrected chi connectivity index (χ2v) is 6.57.